The molecular formula is C17H14ClN3O8. The quantitative estimate of drug-likeness (QED) is 0.386. The fourth-order valence-electron chi connectivity index (χ4n) is 2.10. The minimum Gasteiger partial charge on any atom is -0.475 e. The molecule has 2 rings (SSSR count). The number of rotatable bonds is 8. The number of carbonyl (C=O) groups excluding carboxylic acids is 2. The lowest BCUT2D eigenvalue weighted by molar-refractivity contribution is -0.385. The average molecular weight is 424 g/mol. The zero-order chi connectivity index (χ0) is 21.6. The molecule has 0 aromatic heterocycles. The summed E-state index contributed by atoms with van der Waals surface area (Å²) in [6, 6.07) is 8.93. The van der Waals surface area contributed by atoms with E-state index < -0.39 is 34.4 Å². The summed E-state index contributed by atoms with van der Waals surface area (Å²) in [6.45, 7) is 0.637. The van der Waals surface area contributed by atoms with Gasteiger partial charge in [-0.1, -0.05) is 23.7 Å². The van der Waals surface area contributed by atoms with Crippen molar-refractivity contribution < 1.29 is 28.9 Å². The van der Waals surface area contributed by atoms with Crippen molar-refractivity contribution in [3.8, 4) is 5.75 Å². The van der Waals surface area contributed by atoms with Gasteiger partial charge in [-0.15, -0.1) is 0 Å². The summed E-state index contributed by atoms with van der Waals surface area (Å²) >= 11 is 5.88. The second-order valence-electron chi connectivity index (χ2n) is 5.56. The Morgan fingerprint density at radius 2 is 1.83 bits per heavy atom. The molecule has 152 valence electrons. The van der Waals surface area contributed by atoms with Gasteiger partial charge in [0.15, 0.2) is 18.5 Å². The van der Waals surface area contributed by atoms with Gasteiger partial charge in [0.2, 0.25) is 0 Å². The van der Waals surface area contributed by atoms with Crippen molar-refractivity contribution in [2.24, 2.45) is 0 Å². The monoisotopic (exact) mass is 423 g/mol. The van der Waals surface area contributed by atoms with Gasteiger partial charge in [0.1, 0.15) is 0 Å². The van der Waals surface area contributed by atoms with Gasteiger partial charge in [-0.3, -0.25) is 25.0 Å². The maximum absolute atomic E-state index is 12.1. The average Bonchev–Trinajstić information content (AvgIpc) is 2.67. The number of anilines is 1. The van der Waals surface area contributed by atoms with Crippen molar-refractivity contribution in [1.82, 2.24) is 0 Å². The van der Waals surface area contributed by atoms with Crippen LogP contribution >= 0.6 is 11.6 Å². The Hall–Kier alpha value is -3.73. The van der Waals surface area contributed by atoms with Crippen molar-refractivity contribution >= 4 is 40.5 Å². The van der Waals surface area contributed by atoms with E-state index in [0.29, 0.717) is 0 Å². The number of hydrogen-bond donors (Lipinski definition) is 1. The van der Waals surface area contributed by atoms with Crippen LogP contribution in [0.5, 0.6) is 5.75 Å². The van der Waals surface area contributed by atoms with Crippen LogP contribution in [0.1, 0.15) is 6.92 Å². The van der Waals surface area contributed by atoms with Gasteiger partial charge in [-0.05, 0) is 19.1 Å². The van der Waals surface area contributed by atoms with Gasteiger partial charge in [0.25, 0.3) is 11.6 Å². The van der Waals surface area contributed by atoms with Crippen LogP contribution in [0.3, 0.4) is 0 Å². The van der Waals surface area contributed by atoms with E-state index >= 15 is 0 Å². The number of carbonyl (C=O) groups is 2. The lowest BCUT2D eigenvalue weighted by Crippen LogP contribution is -2.31. The van der Waals surface area contributed by atoms with E-state index in [1.165, 1.54) is 37.3 Å². The Bertz CT molecular complexity index is 965. The molecule has 0 heterocycles. The Balaban J connectivity index is 1.92. The lowest BCUT2D eigenvalue weighted by Gasteiger charge is -2.14. The third kappa shape index (κ3) is 5.87. The number of non-ortho nitro benzene ring substituents is 1. The lowest BCUT2D eigenvalue weighted by atomic mass is 10.2. The standard InChI is InChI=1S/C17H14ClN3O8/c1-10(17(23)19-13-7-6-11(20(24)25)8-12(13)18)29-16(22)9-28-15-5-3-2-4-14(15)21(26)27/h2-8,10H,9H2,1H3,(H,19,23). The molecule has 0 radical (unpaired) electrons. The summed E-state index contributed by atoms with van der Waals surface area (Å²) < 4.78 is 9.99. The van der Waals surface area contributed by atoms with Gasteiger partial charge in [-0.25, -0.2) is 4.79 Å². The van der Waals surface area contributed by atoms with Gasteiger partial charge >= 0.3 is 11.7 Å². The third-order valence-corrected chi connectivity index (χ3v) is 3.82. The molecule has 0 aliphatic carbocycles. The molecule has 0 bridgehead atoms. The fourth-order valence-corrected chi connectivity index (χ4v) is 2.33. The highest BCUT2D eigenvalue weighted by molar-refractivity contribution is 6.34. The molecule has 1 atom stereocenters. The van der Waals surface area contributed by atoms with Crippen LogP contribution < -0.4 is 10.1 Å². The van der Waals surface area contributed by atoms with Crippen LogP contribution in [0.25, 0.3) is 0 Å². The van der Waals surface area contributed by atoms with Crippen molar-refractivity contribution in [3.63, 3.8) is 0 Å². The summed E-state index contributed by atoms with van der Waals surface area (Å²) in [5.74, 6) is -1.79. The van der Waals surface area contributed by atoms with E-state index in [9.17, 15) is 29.8 Å². The van der Waals surface area contributed by atoms with E-state index in [-0.39, 0.29) is 27.8 Å². The second-order valence-corrected chi connectivity index (χ2v) is 5.96. The SMILES string of the molecule is CC(OC(=O)COc1ccccc1[N+](=O)[O-])C(=O)Nc1ccc([N+](=O)[O-])cc1Cl. The second kappa shape index (κ2) is 9.46. The first-order chi connectivity index (χ1) is 13.7. The van der Waals surface area contributed by atoms with Crippen LogP contribution in [0.15, 0.2) is 42.5 Å². The Morgan fingerprint density at radius 1 is 1.14 bits per heavy atom. The molecule has 1 unspecified atom stereocenters. The topological polar surface area (TPSA) is 151 Å². The number of amides is 1. The minimum atomic E-state index is -1.25. The Morgan fingerprint density at radius 3 is 2.45 bits per heavy atom. The van der Waals surface area contributed by atoms with Crippen molar-refractivity contribution in [3.05, 3.63) is 67.7 Å². The van der Waals surface area contributed by atoms with Crippen molar-refractivity contribution in [2.75, 3.05) is 11.9 Å². The molecule has 0 saturated heterocycles. The highest BCUT2D eigenvalue weighted by Gasteiger charge is 2.21. The first-order valence-electron chi connectivity index (χ1n) is 7.99. The van der Waals surface area contributed by atoms with Crippen molar-refractivity contribution in [1.29, 1.82) is 0 Å². The first kappa shape index (κ1) is 21.6. The molecule has 0 aliphatic heterocycles. The summed E-state index contributed by atoms with van der Waals surface area (Å²) in [5.41, 5.74) is -0.472. The number of esters is 1. The van der Waals surface area contributed by atoms with E-state index in [0.717, 1.165) is 12.1 Å². The maximum Gasteiger partial charge on any atom is 0.344 e. The van der Waals surface area contributed by atoms with Crippen LogP contribution in [0, 0.1) is 20.2 Å². The molecule has 0 fully saturated rings. The molecule has 29 heavy (non-hydrogen) atoms. The number of nitrogens with one attached hydrogen (secondary N) is 1. The zero-order valence-electron chi connectivity index (χ0n) is 14.9. The summed E-state index contributed by atoms with van der Waals surface area (Å²) in [7, 11) is 0. The number of para-hydroxylation sites is 2. The molecule has 1 N–H and O–H groups in total. The number of hydrogen-bond acceptors (Lipinski definition) is 8. The molecule has 0 saturated carbocycles. The summed E-state index contributed by atoms with van der Waals surface area (Å²) in [5, 5.41) is 23.9. The van der Waals surface area contributed by atoms with Crippen molar-refractivity contribution in [2.45, 2.75) is 13.0 Å². The molecular weight excluding hydrogens is 410 g/mol. The molecule has 1 amide bonds. The highest BCUT2D eigenvalue weighted by Crippen LogP contribution is 2.27. The van der Waals surface area contributed by atoms with Gasteiger partial charge in [-0.2, -0.15) is 0 Å². The molecule has 2 aromatic rings. The predicted molar refractivity (Wildman–Crippen MR) is 101 cm³/mol. The number of nitrogens with zero attached hydrogens (tertiary/aromatic N) is 2. The maximum atomic E-state index is 12.1. The Kier molecular flexibility index (Phi) is 7.04. The van der Waals surface area contributed by atoms with Crippen LogP contribution in [0.4, 0.5) is 17.1 Å². The molecule has 0 aliphatic rings. The molecule has 12 heteroatoms. The van der Waals surface area contributed by atoms with Gasteiger partial charge < -0.3 is 14.8 Å². The Labute approximate surface area is 168 Å². The van der Waals surface area contributed by atoms with Gasteiger partial charge in [0, 0.05) is 18.2 Å². The minimum absolute atomic E-state index is 0.0641. The number of benzene rings is 2. The highest BCUT2D eigenvalue weighted by atomic mass is 35.5. The van der Waals surface area contributed by atoms with E-state index in [1.807, 2.05) is 0 Å². The molecule has 11 nitrogen and oxygen atoms in total. The number of halogens is 1. The zero-order valence-corrected chi connectivity index (χ0v) is 15.6. The largest absolute Gasteiger partial charge is 0.475 e. The molecule has 2 aromatic carbocycles. The summed E-state index contributed by atoms with van der Waals surface area (Å²) in [6.07, 6.45) is -1.25. The predicted octanol–water partition coefficient (Wildman–Crippen LogP) is 3.11. The van der Waals surface area contributed by atoms with Crippen LogP contribution in [-0.2, 0) is 14.3 Å². The van der Waals surface area contributed by atoms with E-state index in [4.69, 9.17) is 21.1 Å². The number of ether oxygens (including phenoxy) is 2. The smallest absolute Gasteiger partial charge is 0.344 e. The van der Waals surface area contributed by atoms with E-state index in [1.54, 1.807) is 0 Å². The van der Waals surface area contributed by atoms with Crippen LogP contribution in [-0.4, -0.2) is 34.4 Å². The normalized spacial score (nSPS) is 11.2. The third-order valence-electron chi connectivity index (χ3n) is 3.51. The van der Waals surface area contributed by atoms with Crippen LogP contribution in [0.2, 0.25) is 5.02 Å². The van der Waals surface area contributed by atoms with E-state index in [2.05, 4.69) is 5.32 Å². The number of nitro groups is 2. The molecule has 0 spiro atoms. The first-order valence-corrected chi connectivity index (χ1v) is 8.37. The van der Waals surface area contributed by atoms with Gasteiger partial charge in [0.05, 0.1) is 20.6 Å². The number of nitro benzene ring substituents is 2. The summed E-state index contributed by atoms with van der Waals surface area (Å²) in [4.78, 5) is 44.3. The fraction of sp³-hybridized carbons (Fsp3) is 0.176.